The molecule has 126 valence electrons. The molecular formula is C17H35NO2S. The van der Waals surface area contributed by atoms with Gasteiger partial charge in [-0.2, -0.15) is 11.8 Å². The van der Waals surface area contributed by atoms with Crippen LogP contribution in [0.15, 0.2) is 0 Å². The van der Waals surface area contributed by atoms with Crippen molar-refractivity contribution in [3.8, 4) is 0 Å². The lowest BCUT2D eigenvalue weighted by Crippen LogP contribution is -2.34. The van der Waals surface area contributed by atoms with Crippen LogP contribution >= 0.6 is 11.8 Å². The molecule has 1 saturated heterocycles. The highest BCUT2D eigenvalue weighted by Gasteiger charge is 2.13. The van der Waals surface area contributed by atoms with Crippen molar-refractivity contribution in [3.63, 3.8) is 0 Å². The highest BCUT2D eigenvalue weighted by atomic mass is 32.2. The molecule has 0 aliphatic carbocycles. The van der Waals surface area contributed by atoms with Crippen LogP contribution in [0.2, 0.25) is 0 Å². The molecule has 1 rings (SSSR count). The summed E-state index contributed by atoms with van der Waals surface area (Å²) in [5.74, 6) is 3.41. The second kappa shape index (κ2) is 13.9. The molecule has 0 aromatic heterocycles. The summed E-state index contributed by atoms with van der Waals surface area (Å²) in [5, 5.41) is 13.3. The first kappa shape index (κ1) is 19.3. The molecule has 3 nitrogen and oxygen atoms in total. The Morgan fingerprint density at radius 1 is 1.14 bits per heavy atom. The van der Waals surface area contributed by atoms with E-state index in [1.807, 2.05) is 0 Å². The van der Waals surface area contributed by atoms with Crippen LogP contribution in [0.25, 0.3) is 0 Å². The van der Waals surface area contributed by atoms with Gasteiger partial charge in [-0.15, -0.1) is 0 Å². The lowest BCUT2D eigenvalue weighted by atomic mass is 10.0. The van der Waals surface area contributed by atoms with Gasteiger partial charge in [-0.25, -0.2) is 0 Å². The lowest BCUT2D eigenvalue weighted by molar-refractivity contribution is 0.0350. The van der Waals surface area contributed by atoms with Crippen LogP contribution in [0.5, 0.6) is 0 Å². The molecule has 1 aliphatic rings. The summed E-state index contributed by atoms with van der Waals surface area (Å²) in [4.78, 5) is 0. The number of thioether (sulfide) groups is 1. The average Bonchev–Trinajstić information content (AvgIpc) is 2.51. The van der Waals surface area contributed by atoms with Crippen molar-refractivity contribution < 1.29 is 9.84 Å². The number of ether oxygens (including phenoxy) is 1. The van der Waals surface area contributed by atoms with Gasteiger partial charge in [0.25, 0.3) is 0 Å². The molecule has 1 fully saturated rings. The van der Waals surface area contributed by atoms with E-state index in [-0.39, 0.29) is 6.10 Å². The Hall–Kier alpha value is 0.230. The van der Waals surface area contributed by atoms with Crippen LogP contribution in [0, 0.1) is 5.92 Å². The lowest BCUT2D eigenvalue weighted by Gasteiger charge is -2.22. The second-order valence-corrected chi connectivity index (χ2v) is 7.44. The van der Waals surface area contributed by atoms with Crippen LogP contribution in [-0.2, 0) is 4.74 Å². The first-order chi connectivity index (χ1) is 10.3. The fourth-order valence-electron chi connectivity index (χ4n) is 2.67. The fourth-order valence-corrected chi connectivity index (χ4v) is 3.87. The van der Waals surface area contributed by atoms with E-state index < -0.39 is 0 Å². The molecule has 0 amide bonds. The summed E-state index contributed by atoms with van der Waals surface area (Å²) in [6.45, 7) is 5.23. The van der Waals surface area contributed by atoms with Gasteiger partial charge in [0.2, 0.25) is 0 Å². The normalized spacial score (nSPS) is 18.0. The third kappa shape index (κ3) is 11.5. The van der Waals surface area contributed by atoms with Gasteiger partial charge in [0, 0.05) is 13.2 Å². The molecule has 1 unspecified atom stereocenters. The van der Waals surface area contributed by atoms with Crippen LogP contribution in [0.4, 0.5) is 0 Å². The number of unbranched alkanes of at least 4 members (excludes halogenated alkanes) is 5. The maximum atomic E-state index is 9.86. The summed E-state index contributed by atoms with van der Waals surface area (Å²) < 4.78 is 5.55. The van der Waals surface area contributed by atoms with Crippen molar-refractivity contribution in [1.82, 2.24) is 5.32 Å². The highest BCUT2D eigenvalue weighted by Crippen LogP contribution is 2.21. The van der Waals surface area contributed by atoms with Crippen LogP contribution < -0.4 is 5.32 Å². The zero-order valence-electron chi connectivity index (χ0n) is 13.8. The third-order valence-corrected chi connectivity index (χ3v) is 5.16. The monoisotopic (exact) mass is 317 g/mol. The van der Waals surface area contributed by atoms with E-state index in [1.54, 1.807) is 0 Å². The van der Waals surface area contributed by atoms with E-state index in [0.717, 1.165) is 25.5 Å². The van der Waals surface area contributed by atoms with Gasteiger partial charge in [-0.05, 0) is 43.2 Å². The van der Waals surface area contributed by atoms with Crippen molar-refractivity contribution in [3.05, 3.63) is 0 Å². The van der Waals surface area contributed by atoms with Crippen molar-refractivity contribution >= 4 is 11.8 Å². The standard InChI is InChI=1S/C17H35NO2S/c1-2-3-4-5-6-7-10-20-15-17(19)14-18-13-16-8-11-21-12-9-16/h16-19H,2-15H2,1H3. The summed E-state index contributed by atoms with van der Waals surface area (Å²) in [6.07, 6.45) is 10.00. The molecule has 1 heterocycles. The molecule has 0 spiro atoms. The van der Waals surface area contributed by atoms with E-state index in [0.29, 0.717) is 13.2 Å². The van der Waals surface area contributed by atoms with Gasteiger partial charge in [0.15, 0.2) is 0 Å². The van der Waals surface area contributed by atoms with Gasteiger partial charge < -0.3 is 15.2 Å². The second-order valence-electron chi connectivity index (χ2n) is 6.21. The minimum atomic E-state index is -0.358. The predicted octanol–water partition coefficient (Wildman–Crippen LogP) is 3.46. The van der Waals surface area contributed by atoms with Crippen molar-refractivity contribution in [1.29, 1.82) is 0 Å². The van der Waals surface area contributed by atoms with Crippen LogP contribution in [-0.4, -0.2) is 49.0 Å². The zero-order chi connectivity index (χ0) is 15.2. The van der Waals surface area contributed by atoms with Gasteiger partial charge in [0.05, 0.1) is 12.7 Å². The highest BCUT2D eigenvalue weighted by molar-refractivity contribution is 7.99. The van der Waals surface area contributed by atoms with Crippen LogP contribution in [0.1, 0.15) is 58.3 Å². The number of aliphatic hydroxyl groups is 1. The molecule has 1 aliphatic heterocycles. The number of hydrogen-bond donors (Lipinski definition) is 2. The first-order valence-corrected chi connectivity index (χ1v) is 10.0. The summed E-state index contributed by atoms with van der Waals surface area (Å²) in [7, 11) is 0. The molecule has 2 N–H and O–H groups in total. The average molecular weight is 318 g/mol. The molecule has 1 atom stereocenters. The zero-order valence-corrected chi connectivity index (χ0v) is 14.6. The van der Waals surface area contributed by atoms with Gasteiger partial charge in [-0.3, -0.25) is 0 Å². The van der Waals surface area contributed by atoms with Gasteiger partial charge in [-0.1, -0.05) is 39.0 Å². The summed E-state index contributed by atoms with van der Waals surface area (Å²) >= 11 is 2.06. The van der Waals surface area contributed by atoms with Gasteiger partial charge >= 0.3 is 0 Å². The van der Waals surface area contributed by atoms with E-state index >= 15 is 0 Å². The fraction of sp³-hybridized carbons (Fsp3) is 1.00. The van der Waals surface area contributed by atoms with Crippen molar-refractivity contribution in [2.75, 3.05) is 37.8 Å². The Bertz CT molecular complexity index is 223. The number of rotatable bonds is 13. The topological polar surface area (TPSA) is 41.5 Å². The molecule has 0 radical (unpaired) electrons. The quantitative estimate of drug-likeness (QED) is 0.511. The Labute approximate surface area is 135 Å². The maximum absolute atomic E-state index is 9.86. The first-order valence-electron chi connectivity index (χ1n) is 8.87. The van der Waals surface area contributed by atoms with E-state index in [1.165, 1.54) is 56.5 Å². The number of aliphatic hydroxyl groups excluding tert-OH is 1. The minimum Gasteiger partial charge on any atom is -0.389 e. The Morgan fingerprint density at radius 2 is 1.86 bits per heavy atom. The molecular weight excluding hydrogens is 282 g/mol. The smallest absolute Gasteiger partial charge is 0.0897 e. The summed E-state index contributed by atoms with van der Waals surface area (Å²) in [6, 6.07) is 0. The van der Waals surface area contributed by atoms with E-state index in [9.17, 15) is 5.11 Å². The molecule has 4 heteroatoms. The molecule has 0 aromatic rings. The molecule has 21 heavy (non-hydrogen) atoms. The number of nitrogens with one attached hydrogen (secondary N) is 1. The minimum absolute atomic E-state index is 0.358. The summed E-state index contributed by atoms with van der Waals surface area (Å²) in [5.41, 5.74) is 0. The molecule has 0 saturated carbocycles. The van der Waals surface area contributed by atoms with Gasteiger partial charge in [0.1, 0.15) is 0 Å². The number of hydrogen-bond acceptors (Lipinski definition) is 4. The van der Waals surface area contributed by atoms with E-state index in [2.05, 4.69) is 24.0 Å². The Morgan fingerprint density at radius 3 is 2.62 bits per heavy atom. The van der Waals surface area contributed by atoms with Crippen LogP contribution in [0.3, 0.4) is 0 Å². The van der Waals surface area contributed by atoms with E-state index in [4.69, 9.17) is 4.74 Å². The molecule has 0 aromatic carbocycles. The third-order valence-electron chi connectivity index (χ3n) is 4.11. The predicted molar refractivity (Wildman–Crippen MR) is 93.1 cm³/mol. The van der Waals surface area contributed by atoms with Crippen molar-refractivity contribution in [2.24, 2.45) is 5.92 Å². The Kier molecular flexibility index (Phi) is 12.7. The Balaban J connectivity index is 1.81. The maximum Gasteiger partial charge on any atom is 0.0897 e. The SMILES string of the molecule is CCCCCCCCOCC(O)CNCC1CCSCC1. The largest absolute Gasteiger partial charge is 0.389 e. The van der Waals surface area contributed by atoms with Crippen molar-refractivity contribution in [2.45, 2.75) is 64.4 Å². The molecule has 0 bridgehead atoms.